The van der Waals surface area contributed by atoms with Crippen LogP contribution in [-0.4, -0.2) is 17.2 Å². The van der Waals surface area contributed by atoms with Crippen molar-refractivity contribution in [2.45, 2.75) is 34.6 Å². The van der Waals surface area contributed by atoms with E-state index in [1.54, 1.807) is 0 Å². The highest BCUT2D eigenvalue weighted by atomic mass is 31.1. The molecule has 120 valence electrons. The maximum Gasteiger partial charge on any atom is 0.192 e. The van der Waals surface area contributed by atoms with E-state index in [0.29, 0.717) is 6.16 Å². The number of hydrogen-bond acceptors (Lipinski definition) is 2. The van der Waals surface area contributed by atoms with Crippen LogP contribution in [0.15, 0.2) is 36.4 Å². The van der Waals surface area contributed by atoms with Gasteiger partial charge in [-0.2, -0.15) is 0 Å². The van der Waals surface area contributed by atoms with Crippen LogP contribution in [0.5, 0.6) is 0 Å². The van der Waals surface area contributed by atoms with Gasteiger partial charge >= 0.3 is 0 Å². The smallest absolute Gasteiger partial charge is 0.192 e. The van der Waals surface area contributed by atoms with Crippen molar-refractivity contribution in [3.8, 4) is 0 Å². The van der Waals surface area contributed by atoms with Gasteiger partial charge in [0, 0.05) is 19.0 Å². The van der Waals surface area contributed by atoms with Crippen LogP contribution < -0.4 is 0 Å². The quantitative estimate of drug-likeness (QED) is 0.689. The monoisotopic (exact) mass is 326 g/mol. The Kier molecular flexibility index (Phi) is 5.49. The minimum absolute atomic E-state index is 0.00533. The highest BCUT2D eigenvalue weighted by Crippen LogP contribution is 2.45. The molecule has 0 aromatic heterocycles. The number of carbonyl (C=O) groups excluding carboxylic acids is 2. The zero-order valence-corrected chi connectivity index (χ0v) is 15.3. The van der Waals surface area contributed by atoms with Crippen LogP contribution in [0.3, 0.4) is 0 Å². The molecule has 3 heteroatoms. The first-order valence-electron chi connectivity index (χ1n) is 7.87. The molecular formula is C20H23O2P. The van der Waals surface area contributed by atoms with Crippen molar-refractivity contribution in [1.82, 2.24) is 0 Å². The Morgan fingerprint density at radius 3 is 1.30 bits per heavy atom. The summed E-state index contributed by atoms with van der Waals surface area (Å²) in [5.41, 5.74) is 5.25. The van der Waals surface area contributed by atoms with E-state index in [0.717, 1.165) is 33.4 Å². The van der Waals surface area contributed by atoms with Gasteiger partial charge in [-0.15, -0.1) is 0 Å². The molecule has 0 saturated heterocycles. The number of aryl methyl sites for hydroxylation is 4. The van der Waals surface area contributed by atoms with E-state index in [4.69, 9.17) is 0 Å². The Labute approximate surface area is 139 Å². The summed E-state index contributed by atoms with van der Waals surface area (Å²) in [5.74, 6) is 0. The molecule has 0 radical (unpaired) electrons. The van der Waals surface area contributed by atoms with E-state index in [1.807, 2.05) is 71.0 Å². The topological polar surface area (TPSA) is 34.1 Å². The molecule has 0 N–H and O–H groups in total. The van der Waals surface area contributed by atoms with Gasteiger partial charge in [0.05, 0.1) is 0 Å². The lowest BCUT2D eigenvalue weighted by Crippen LogP contribution is -2.12. The van der Waals surface area contributed by atoms with Crippen LogP contribution in [0.25, 0.3) is 0 Å². The SMILES string of the molecule is CCP(C(=O)c1c(C)cccc1C)C(=O)c1c(C)cccc1C. The summed E-state index contributed by atoms with van der Waals surface area (Å²) in [4.78, 5) is 26.1. The van der Waals surface area contributed by atoms with Crippen molar-refractivity contribution in [3.63, 3.8) is 0 Å². The zero-order valence-electron chi connectivity index (χ0n) is 14.4. The Bertz CT molecular complexity index is 658. The molecule has 0 heterocycles. The summed E-state index contributed by atoms with van der Waals surface area (Å²) in [6, 6.07) is 11.6. The lowest BCUT2D eigenvalue weighted by Gasteiger charge is -2.18. The van der Waals surface area contributed by atoms with Crippen LogP contribution in [0.4, 0.5) is 0 Å². The van der Waals surface area contributed by atoms with Crippen LogP contribution in [0, 0.1) is 27.7 Å². The molecule has 2 nitrogen and oxygen atoms in total. The third-order valence-corrected chi connectivity index (χ3v) is 6.26. The third kappa shape index (κ3) is 3.43. The lowest BCUT2D eigenvalue weighted by molar-refractivity contribution is 0.105. The number of rotatable bonds is 5. The van der Waals surface area contributed by atoms with Crippen LogP contribution in [0.2, 0.25) is 0 Å². The second-order valence-corrected chi connectivity index (χ2v) is 8.19. The fraction of sp³-hybridized carbons (Fsp3) is 0.300. The first-order valence-corrected chi connectivity index (χ1v) is 9.39. The molecule has 0 aliphatic heterocycles. The molecular weight excluding hydrogens is 303 g/mol. The Balaban J connectivity index is 2.48. The van der Waals surface area contributed by atoms with Crippen LogP contribution >= 0.6 is 7.92 Å². The van der Waals surface area contributed by atoms with Crippen LogP contribution in [-0.2, 0) is 0 Å². The van der Waals surface area contributed by atoms with Gasteiger partial charge in [0.15, 0.2) is 11.0 Å². The van der Waals surface area contributed by atoms with E-state index in [1.165, 1.54) is 0 Å². The standard InChI is InChI=1S/C20H23O2P/c1-6-23(19(21)17-13(2)9-7-10-14(17)3)20(22)18-15(4)11-8-12-16(18)5/h7-12H,6H2,1-5H3. The molecule has 0 unspecified atom stereocenters. The van der Waals surface area contributed by atoms with Gasteiger partial charge in [-0.25, -0.2) is 0 Å². The van der Waals surface area contributed by atoms with Gasteiger partial charge in [-0.05, 0) is 56.1 Å². The molecule has 0 aliphatic rings. The van der Waals surface area contributed by atoms with Crippen molar-refractivity contribution in [3.05, 3.63) is 69.8 Å². The molecule has 0 bridgehead atoms. The Hall–Kier alpha value is -1.79. The summed E-state index contributed by atoms with van der Waals surface area (Å²) in [5, 5.41) is 0. The lowest BCUT2D eigenvalue weighted by atomic mass is 10.0. The van der Waals surface area contributed by atoms with Gasteiger partial charge in [0.2, 0.25) is 0 Å². The molecule has 2 aromatic carbocycles. The molecule has 0 amide bonds. The Morgan fingerprint density at radius 1 is 0.739 bits per heavy atom. The summed E-state index contributed by atoms with van der Waals surface area (Å²) < 4.78 is 0. The number of benzene rings is 2. The maximum absolute atomic E-state index is 13.1. The molecule has 0 saturated carbocycles. The molecule has 0 spiro atoms. The second kappa shape index (κ2) is 7.19. The first-order chi connectivity index (χ1) is 10.9. The van der Waals surface area contributed by atoms with Crippen molar-refractivity contribution >= 4 is 19.0 Å². The fourth-order valence-electron chi connectivity index (χ4n) is 2.95. The van der Waals surface area contributed by atoms with E-state index in [9.17, 15) is 9.59 Å². The normalized spacial score (nSPS) is 10.9. The molecule has 0 aliphatic carbocycles. The molecule has 2 rings (SSSR count). The van der Waals surface area contributed by atoms with E-state index >= 15 is 0 Å². The molecule has 0 atom stereocenters. The van der Waals surface area contributed by atoms with Gasteiger partial charge in [0.1, 0.15) is 0 Å². The van der Waals surface area contributed by atoms with Gasteiger partial charge in [0.25, 0.3) is 0 Å². The predicted octanol–water partition coefficient (Wildman–Crippen LogP) is 5.40. The van der Waals surface area contributed by atoms with Gasteiger partial charge < -0.3 is 0 Å². The van der Waals surface area contributed by atoms with Crippen molar-refractivity contribution in [2.24, 2.45) is 0 Å². The molecule has 23 heavy (non-hydrogen) atoms. The van der Waals surface area contributed by atoms with Crippen molar-refractivity contribution in [2.75, 3.05) is 6.16 Å². The van der Waals surface area contributed by atoms with Crippen LogP contribution in [0.1, 0.15) is 49.9 Å². The minimum Gasteiger partial charge on any atom is -0.289 e. The third-order valence-electron chi connectivity index (χ3n) is 4.20. The highest BCUT2D eigenvalue weighted by molar-refractivity contribution is 7.90. The van der Waals surface area contributed by atoms with E-state index < -0.39 is 7.92 Å². The summed E-state index contributed by atoms with van der Waals surface area (Å²) in [6.07, 6.45) is 0.578. The van der Waals surface area contributed by atoms with Crippen molar-refractivity contribution in [1.29, 1.82) is 0 Å². The first kappa shape index (κ1) is 17.6. The number of carbonyl (C=O) groups is 2. The number of hydrogen-bond donors (Lipinski definition) is 0. The summed E-state index contributed by atoms with van der Waals surface area (Å²) >= 11 is 0. The van der Waals surface area contributed by atoms with Gasteiger partial charge in [-0.3, -0.25) is 9.59 Å². The second-order valence-electron chi connectivity index (χ2n) is 5.89. The predicted molar refractivity (Wildman–Crippen MR) is 98.0 cm³/mol. The molecule has 2 aromatic rings. The average Bonchev–Trinajstić information content (AvgIpc) is 2.47. The zero-order chi connectivity index (χ0) is 17.1. The highest BCUT2D eigenvalue weighted by Gasteiger charge is 2.30. The summed E-state index contributed by atoms with van der Waals surface area (Å²) in [6.45, 7) is 9.68. The maximum atomic E-state index is 13.1. The molecule has 0 fully saturated rings. The van der Waals surface area contributed by atoms with Gasteiger partial charge in [-0.1, -0.05) is 43.3 Å². The fourth-order valence-corrected chi connectivity index (χ4v) is 4.96. The van der Waals surface area contributed by atoms with E-state index in [2.05, 4.69) is 0 Å². The Morgan fingerprint density at radius 2 is 1.04 bits per heavy atom. The van der Waals surface area contributed by atoms with E-state index in [-0.39, 0.29) is 11.0 Å². The minimum atomic E-state index is -1.38. The summed E-state index contributed by atoms with van der Waals surface area (Å²) in [7, 11) is -1.38. The largest absolute Gasteiger partial charge is 0.289 e. The van der Waals surface area contributed by atoms with Crippen molar-refractivity contribution < 1.29 is 9.59 Å². The average molecular weight is 326 g/mol.